The second kappa shape index (κ2) is 5.25. The Morgan fingerprint density at radius 2 is 2.09 bits per heavy atom. The molecule has 122 valence electrons. The van der Waals surface area contributed by atoms with Crippen molar-refractivity contribution in [2.24, 2.45) is 5.73 Å². The molecule has 3 N–H and O–H groups in total. The van der Waals surface area contributed by atoms with Crippen molar-refractivity contribution in [2.45, 2.75) is 19.0 Å². The van der Waals surface area contributed by atoms with Gasteiger partial charge in [-0.1, -0.05) is 17.3 Å². The Hall–Kier alpha value is -2.58. The van der Waals surface area contributed by atoms with E-state index in [9.17, 15) is 13.2 Å². The van der Waals surface area contributed by atoms with Crippen molar-refractivity contribution in [2.75, 3.05) is 13.1 Å². The van der Waals surface area contributed by atoms with Gasteiger partial charge in [-0.3, -0.25) is 5.41 Å². The minimum absolute atomic E-state index is 0.0330. The van der Waals surface area contributed by atoms with Crippen molar-refractivity contribution in [1.82, 2.24) is 15.0 Å². The molecule has 1 aliphatic rings. The zero-order valence-electron chi connectivity index (χ0n) is 12.2. The molecule has 1 aromatic heterocycles. The molecule has 1 fully saturated rings. The third kappa shape index (κ3) is 2.86. The molecular formula is C14H14F3N5O. The van der Waals surface area contributed by atoms with Crippen LogP contribution in [0.2, 0.25) is 0 Å². The van der Waals surface area contributed by atoms with Crippen molar-refractivity contribution in [3.8, 4) is 11.4 Å². The van der Waals surface area contributed by atoms with E-state index in [1.165, 1.54) is 19.1 Å². The molecule has 0 spiro atoms. The highest BCUT2D eigenvalue weighted by Gasteiger charge is 2.35. The predicted molar refractivity (Wildman–Crippen MR) is 75.7 cm³/mol. The van der Waals surface area contributed by atoms with E-state index in [0.717, 1.165) is 6.07 Å². The van der Waals surface area contributed by atoms with Crippen LogP contribution in [0.3, 0.4) is 0 Å². The van der Waals surface area contributed by atoms with E-state index in [1.54, 1.807) is 4.90 Å². The Labute approximate surface area is 129 Å². The van der Waals surface area contributed by atoms with E-state index in [0.29, 0.717) is 19.0 Å². The molecule has 0 atom stereocenters. The van der Waals surface area contributed by atoms with Crippen LogP contribution in [0.1, 0.15) is 22.9 Å². The molecule has 2 aromatic rings. The molecule has 0 unspecified atom stereocenters. The van der Waals surface area contributed by atoms with E-state index in [4.69, 9.17) is 15.7 Å². The maximum atomic E-state index is 13.0. The number of nitrogens with two attached hydrogens (primary N) is 1. The van der Waals surface area contributed by atoms with Gasteiger partial charge in [0, 0.05) is 18.7 Å². The molecule has 1 aromatic carbocycles. The molecule has 0 aliphatic carbocycles. The van der Waals surface area contributed by atoms with Gasteiger partial charge in [-0.25, -0.2) is 0 Å². The Morgan fingerprint density at radius 3 is 2.70 bits per heavy atom. The molecule has 0 bridgehead atoms. The number of nitrogens with one attached hydrogen (secondary N) is 1. The van der Waals surface area contributed by atoms with Crippen LogP contribution in [-0.2, 0) is 6.18 Å². The first-order chi connectivity index (χ1) is 10.8. The summed E-state index contributed by atoms with van der Waals surface area (Å²) in [6, 6.07) is 3.93. The van der Waals surface area contributed by atoms with Crippen molar-refractivity contribution < 1.29 is 17.7 Å². The normalized spacial score (nSPS) is 15.6. The number of guanidine groups is 1. The SMILES string of the molecule is Cc1ccc(-c2noc(C3CN(C(=N)N)C3)n2)cc1C(F)(F)F. The number of aromatic nitrogens is 2. The predicted octanol–water partition coefficient (Wildman–Crippen LogP) is 2.36. The molecule has 1 saturated heterocycles. The molecule has 0 saturated carbocycles. The van der Waals surface area contributed by atoms with Crippen LogP contribution in [-0.4, -0.2) is 34.1 Å². The van der Waals surface area contributed by atoms with E-state index >= 15 is 0 Å². The molecule has 0 radical (unpaired) electrons. The van der Waals surface area contributed by atoms with Gasteiger partial charge in [-0.15, -0.1) is 0 Å². The fraction of sp³-hybridized carbons (Fsp3) is 0.357. The summed E-state index contributed by atoms with van der Waals surface area (Å²) >= 11 is 0. The minimum atomic E-state index is -4.43. The summed E-state index contributed by atoms with van der Waals surface area (Å²) in [4.78, 5) is 5.79. The van der Waals surface area contributed by atoms with Gasteiger partial charge in [-0.05, 0) is 18.6 Å². The zero-order valence-corrected chi connectivity index (χ0v) is 12.2. The number of likely N-dealkylation sites (tertiary alicyclic amines) is 1. The van der Waals surface area contributed by atoms with E-state index < -0.39 is 11.7 Å². The van der Waals surface area contributed by atoms with Crippen LogP contribution >= 0.6 is 0 Å². The number of aryl methyl sites for hydroxylation is 1. The quantitative estimate of drug-likeness (QED) is 0.653. The summed E-state index contributed by atoms with van der Waals surface area (Å²) < 4.78 is 44.0. The van der Waals surface area contributed by atoms with Gasteiger partial charge in [0.2, 0.25) is 11.7 Å². The van der Waals surface area contributed by atoms with Gasteiger partial charge < -0.3 is 15.2 Å². The smallest absolute Gasteiger partial charge is 0.370 e. The monoisotopic (exact) mass is 325 g/mol. The number of halogens is 3. The summed E-state index contributed by atoms with van der Waals surface area (Å²) in [6.07, 6.45) is -4.43. The number of benzene rings is 1. The fourth-order valence-electron chi connectivity index (χ4n) is 2.42. The molecule has 1 aliphatic heterocycles. The number of nitrogens with zero attached hydrogens (tertiary/aromatic N) is 3. The fourth-order valence-corrected chi connectivity index (χ4v) is 2.42. The average molecular weight is 325 g/mol. The lowest BCUT2D eigenvalue weighted by Gasteiger charge is -2.37. The highest BCUT2D eigenvalue weighted by Crippen LogP contribution is 2.34. The standard InChI is InChI=1S/C14H14F3N5O/c1-7-2-3-8(4-10(7)14(15,16)17)11-20-12(23-21-11)9-5-22(6-9)13(18)19/h2-4,9H,5-6H2,1H3,(H3,18,19). The van der Waals surface area contributed by atoms with E-state index in [2.05, 4.69) is 10.1 Å². The van der Waals surface area contributed by atoms with Gasteiger partial charge in [0.25, 0.3) is 0 Å². The lowest BCUT2D eigenvalue weighted by molar-refractivity contribution is -0.138. The van der Waals surface area contributed by atoms with Crippen molar-refractivity contribution in [3.63, 3.8) is 0 Å². The lowest BCUT2D eigenvalue weighted by Crippen LogP contribution is -2.51. The number of alkyl halides is 3. The van der Waals surface area contributed by atoms with Crippen LogP contribution in [0.25, 0.3) is 11.4 Å². The first-order valence-electron chi connectivity index (χ1n) is 6.86. The van der Waals surface area contributed by atoms with Crippen LogP contribution in [0.4, 0.5) is 13.2 Å². The summed E-state index contributed by atoms with van der Waals surface area (Å²) in [6.45, 7) is 2.37. The largest absolute Gasteiger partial charge is 0.416 e. The third-order valence-corrected chi connectivity index (χ3v) is 3.81. The van der Waals surface area contributed by atoms with E-state index in [-0.39, 0.29) is 28.8 Å². The second-order valence-electron chi connectivity index (χ2n) is 5.47. The first-order valence-corrected chi connectivity index (χ1v) is 6.86. The van der Waals surface area contributed by atoms with Crippen LogP contribution in [0.5, 0.6) is 0 Å². The van der Waals surface area contributed by atoms with Crippen LogP contribution in [0.15, 0.2) is 22.7 Å². The van der Waals surface area contributed by atoms with Gasteiger partial charge in [0.05, 0.1) is 11.5 Å². The molecular weight excluding hydrogens is 311 g/mol. The Bertz CT molecular complexity index is 749. The highest BCUT2D eigenvalue weighted by atomic mass is 19.4. The molecule has 3 rings (SSSR count). The molecule has 23 heavy (non-hydrogen) atoms. The maximum absolute atomic E-state index is 13.0. The molecule has 2 heterocycles. The maximum Gasteiger partial charge on any atom is 0.416 e. The van der Waals surface area contributed by atoms with Crippen molar-refractivity contribution >= 4 is 5.96 Å². The summed E-state index contributed by atoms with van der Waals surface area (Å²) in [5.41, 5.74) is 5.02. The number of hydrogen-bond donors (Lipinski definition) is 2. The Kier molecular flexibility index (Phi) is 3.50. The topological polar surface area (TPSA) is 92.0 Å². The first kappa shape index (κ1) is 15.3. The average Bonchev–Trinajstić information content (AvgIpc) is 2.85. The molecule has 9 heteroatoms. The highest BCUT2D eigenvalue weighted by molar-refractivity contribution is 5.75. The van der Waals surface area contributed by atoms with Gasteiger partial charge in [0.1, 0.15) is 0 Å². The summed E-state index contributed by atoms with van der Waals surface area (Å²) in [7, 11) is 0. The molecule has 0 amide bonds. The van der Waals surface area contributed by atoms with Gasteiger partial charge in [0.15, 0.2) is 5.96 Å². The third-order valence-electron chi connectivity index (χ3n) is 3.81. The van der Waals surface area contributed by atoms with E-state index in [1.807, 2.05) is 0 Å². The summed E-state index contributed by atoms with van der Waals surface area (Å²) in [5.74, 6) is 0.362. The van der Waals surface area contributed by atoms with Crippen LogP contribution < -0.4 is 5.73 Å². The number of hydrogen-bond acceptors (Lipinski definition) is 4. The Balaban J connectivity index is 1.83. The molecule has 6 nitrogen and oxygen atoms in total. The Morgan fingerprint density at radius 1 is 1.39 bits per heavy atom. The van der Waals surface area contributed by atoms with Crippen molar-refractivity contribution in [3.05, 3.63) is 35.2 Å². The summed E-state index contributed by atoms with van der Waals surface area (Å²) in [5, 5.41) is 11.0. The minimum Gasteiger partial charge on any atom is -0.370 e. The second-order valence-corrected chi connectivity index (χ2v) is 5.47. The van der Waals surface area contributed by atoms with Gasteiger partial charge >= 0.3 is 6.18 Å². The van der Waals surface area contributed by atoms with Gasteiger partial charge in [-0.2, -0.15) is 18.2 Å². The lowest BCUT2D eigenvalue weighted by atomic mass is 10.0. The van der Waals surface area contributed by atoms with Crippen molar-refractivity contribution in [1.29, 1.82) is 5.41 Å². The van der Waals surface area contributed by atoms with Crippen LogP contribution in [0, 0.1) is 12.3 Å². The zero-order chi connectivity index (χ0) is 16.8. The number of rotatable bonds is 2.